The van der Waals surface area contributed by atoms with E-state index in [1.165, 1.54) is 0 Å². The summed E-state index contributed by atoms with van der Waals surface area (Å²) < 4.78 is 9.91. The monoisotopic (exact) mass is 230 g/mol. The van der Waals surface area contributed by atoms with Gasteiger partial charge in [0.2, 0.25) is 0 Å². The maximum Gasteiger partial charge on any atom is 0.344 e. The maximum absolute atomic E-state index is 11.5. The van der Waals surface area contributed by atoms with Gasteiger partial charge in [-0.25, -0.2) is 4.79 Å². The summed E-state index contributed by atoms with van der Waals surface area (Å²) in [4.78, 5) is 22.8. The van der Waals surface area contributed by atoms with Crippen molar-refractivity contribution >= 4 is 11.9 Å². The predicted octanol–water partition coefficient (Wildman–Crippen LogP) is 2.31. The fourth-order valence-corrected chi connectivity index (χ4v) is 0.835. The standard InChI is InChI=1S/C12H22O4/c1-7-12(5,6)10(14)15-8-9(13)16-11(2,3)4/h7-8H2,1-6H3. The third-order valence-corrected chi connectivity index (χ3v) is 2.18. The molecule has 0 spiro atoms. The molecule has 4 nitrogen and oxygen atoms in total. The van der Waals surface area contributed by atoms with E-state index in [1.807, 2.05) is 6.92 Å². The molecule has 0 aromatic heterocycles. The van der Waals surface area contributed by atoms with Crippen molar-refractivity contribution in [1.82, 2.24) is 0 Å². The van der Waals surface area contributed by atoms with Gasteiger partial charge in [0.05, 0.1) is 5.41 Å². The van der Waals surface area contributed by atoms with Gasteiger partial charge in [0.25, 0.3) is 0 Å². The van der Waals surface area contributed by atoms with E-state index in [4.69, 9.17) is 9.47 Å². The molecule has 0 amide bonds. The average molecular weight is 230 g/mol. The van der Waals surface area contributed by atoms with Crippen LogP contribution in [0, 0.1) is 5.41 Å². The van der Waals surface area contributed by atoms with Crippen LogP contribution in [0.2, 0.25) is 0 Å². The second kappa shape index (κ2) is 5.32. The Morgan fingerprint density at radius 1 is 1.06 bits per heavy atom. The predicted molar refractivity (Wildman–Crippen MR) is 60.9 cm³/mol. The lowest BCUT2D eigenvalue weighted by atomic mass is 9.91. The lowest BCUT2D eigenvalue weighted by Crippen LogP contribution is -2.31. The first-order valence-electron chi connectivity index (χ1n) is 5.47. The highest BCUT2D eigenvalue weighted by molar-refractivity contribution is 5.79. The Morgan fingerprint density at radius 3 is 1.94 bits per heavy atom. The van der Waals surface area contributed by atoms with Crippen LogP contribution in [0.15, 0.2) is 0 Å². The van der Waals surface area contributed by atoms with Crippen molar-refractivity contribution in [2.45, 2.75) is 53.6 Å². The molecule has 0 fully saturated rings. The largest absolute Gasteiger partial charge is 0.457 e. The quantitative estimate of drug-likeness (QED) is 0.695. The van der Waals surface area contributed by atoms with Crippen molar-refractivity contribution in [2.75, 3.05) is 6.61 Å². The molecule has 0 N–H and O–H groups in total. The van der Waals surface area contributed by atoms with Crippen LogP contribution in [0.5, 0.6) is 0 Å². The average Bonchev–Trinajstić information content (AvgIpc) is 2.11. The summed E-state index contributed by atoms with van der Waals surface area (Å²) >= 11 is 0. The minimum Gasteiger partial charge on any atom is -0.457 e. The Kier molecular flexibility index (Phi) is 4.97. The lowest BCUT2D eigenvalue weighted by molar-refractivity contribution is -0.170. The van der Waals surface area contributed by atoms with E-state index >= 15 is 0 Å². The van der Waals surface area contributed by atoms with E-state index in [9.17, 15) is 9.59 Å². The molecule has 0 radical (unpaired) electrons. The number of hydrogen-bond donors (Lipinski definition) is 0. The van der Waals surface area contributed by atoms with Crippen molar-refractivity contribution in [3.63, 3.8) is 0 Å². The van der Waals surface area contributed by atoms with Crippen LogP contribution >= 0.6 is 0 Å². The summed E-state index contributed by atoms with van der Waals surface area (Å²) in [6, 6.07) is 0. The van der Waals surface area contributed by atoms with Gasteiger partial charge in [-0.15, -0.1) is 0 Å². The summed E-state index contributed by atoms with van der Waals surface area (Å²) in [5.41, 5.74) is -1.11. The summed E-state index contributed by atoms with van der Waals surface area (Å²) in [7, 11) is 0. The Morgan fingerprint density at radius 2 is 1.56 bits per heavy atom. The summed E-state index contributed by atoms with van der Waals surface area (Å²) in [6.07, 6.45) is 0.667. The normalized spacial score (nSPS) is 12.1. The van der Waals surface area contributed by atoms with E-state index in [1.54, 1.807) is 34.6 Å². The van der Waals surface area contributed by atoms with Crippen LogP contribution in [-0.4, -0.2) is 24.1 Å². The minimum atomic E-state index is -0.554. The van der Waals surface area contributed by atoms with Crippen LogP contribution in [0.4, 0.5) is 0 Å². The maximum atomic E-state index is 11.5. The van der Waals surface area contributed by atoms with E-state index in [0.29, 0.717) is 6.42 Å². The summed E-state index contributed by atoms with van der Waals surface area (Å²) in [6.45, 7) is 10.4. The van der Waals surface area contributed by atoms with Crippen molar-refractivity contribution in [1.29, 1.82) is 0 Å². The van der Waals surface area contributed by atoms with Gasteiger partial charge in [0, 0.05) is 0 Å². The number of rotatable bonds is 4. The number of ether oxygens (including phenoxy) is 2. The second-order valence-electron chi connectivity index (χ2n) is 5.40. The van der Waals surface area contributed by atoms with Crippen molar-refractivity contribution < 1.29 is 19.1 Å². The van der Waals surface area contributed by atoms with E-state index < -0.39 is 17.0 Å². The van der Waals surface area contributed by atoms with Gasteiger partial charge in [-0.2, -0.15) is 0 Å². The zero-order valence-corrected chi connectivity index (χ0v) is 11.0. The summed E-state index contributed by atoms with van der Waals surface area (Å²) in [5, 5.41) is 0. The van der Waals surface area contributed by atoms with Crippen molar-refractivity contribution in [3.8, 4) is 0 Å². The molecular weight excluding hydrogens is 208 g/mol. The van der Waals surface area contributed by atoms with Gasteiger partial charge in [0.1, 0.15) is 5.60 Å². The molecule has 0 unspecified atom stereocenters. The first-order valence-corrected chi connectivity index (χ1v) is 5.47. The number of esters is 2. The number of hydrogen-bond acceptors (Lipinski definition) is 4. The number of carbonyl (C=O) groups excluding carboxylic acids is 2. The zero-order chi connectivity index (χ0) is 13.0. The molecule has 0 saturated heterocycles. The van der Waals surface area contributed by atoms with E-state index in [-0.39, 0.29) is 12.6 Å². The van der Waals surface area contributed by atoms with Crippen LogP contribution < -0.4 is 0 Å². The number of carbonyl (C=O) groups is 2. The molecule has 0 rings (SSSR count). The molecular formula is C12H22O4. The van der Waals surface area contributed by atoms with Crippen LogP contribution in [0.3, 0.4) is 0 Å². The molecule has 0 aliphatic carbocycles. The zero-order valence-electron chi connectivity index (χ0n) is 11.0. The minimum absolute atomic E-state index is 0.320. The van der Waals surface area contributed by atoms with E-state index in [0.717, 1.165) is 0 Å². The molecule has 0 atom stereocenters. The van der Waals surface area contributed by atoms with Crippen LogP contribution in [0.1, 0.15) is 48.0 Å². The van der Waals surface area contributed by atoms with Crippen LogP contribution in [0.25, 0.3) is 0 Å². The molecule has 94 valence electrons. The van der Waals surface area contributed by atoms with Crippen molar-refractivity contribution in [2.24, 2.45) is 5.41 Å². The molecule has 0 saturated carbocycles. The molecule has 4 heteroatoms. The van der Waals surface area contributed by atoms with E-state index in [2.05, 4.69) is 0 Å². The Hall–Kier alpha value is -1.06. The molecule has 16 heavy (non-hydrogen) atoms. The third kappa shape index (κ3) is 5.73. The molecule has 0 aromatic rings. The van der Waals surface area contributed by atoms with Gasteiger partial charge in [-0.3, -0.25) is 4.79 Å². The Labute approximate surface area is 97.3 Å². The molecule has 0 aromatic carbocycles. The van der Waals surface area contributed by atoms with Gasteiger partial charge >= 0.3 is 11.9 Å². The lowest BCUT2D eigenvalue weighted by Gasteiger charge is -2.22. The topological polar surface area (TPSA) is 52.6 Å². The first-order chi connectivity index (χ1) is 7.08. The molecule has 0 aliphatic rings. The first kappa shape index (κ1) is 14.9. The highest BCUT2D eigenvalue weighted by Crippen LogP contribution is 2.21. The molecule has 0 aliphatic heterocycles. The SMILES string of the molecule is CCC(C)(C)C(=O)OCC(=O)OC(C)(C)C. The van der Waals surface area contributed by atoms with Crippen LogP contribution in [-0.2, 0) is 19.1 Å². The molecule has 0 heterocycles. The van der Waals surface area contributed by atoms with Gasteiger partial charge < -0.3 is 9.47 Å². The highest BCUT2D eigenvalue weighted by Gasteiger charge is 2.28. The van der Waals surface area contributed by atoms with Gasteiger partial charge in [-0.05, 0) is 41.0 Å². The molecule has 0 bridgehead atoms. The Balaban J connectivity index is 4.08. The smallest absolute Gasteiger partial charge is 0.344 e. The Bertz CT molecular complexity index is 261. The second-order valence-corrected chi connectivity index (χ2v) is 5.40. The fourth-order valence-electron chi connectivity index (χ4n) is 0.835. The van der Waals surface area contributed by atoms with Gasteiger partial charge in [0.15, 0.2) is 6.61 Å². The third-order valence-electron chi connectivity index (χ3n) is 2.18. The van der Waals surface area contributed by atoms with Crippen molar-refractivity contribution in [3.05, 3.63) is 0 Å². The summed E-state index contributed by atoms with van der Waals surface area (Å²) in [5.74, 6) is -0.895. The van der Waals surface area contributed by atoms with Gasteiger partial charge in [-0.1, -0.05) is 6.92 Å². The fraction of sp³-hybridized carbons (Fsp3) is 0.833. The highest BCUT2D eigenvalue weighted by atomic mass is 16.6.